The van der Waals surface area contributed by atoms with Crippen LogP contribution >= 0.6 is 38.9 Å². The monoisotopic (exact) mass is 446 g/mol. The number of pyridine rings is 1. The molecular formula is C18H12BrClN4OS. The lowest BCUT2D eigenvalue weighted by Crippen LogP contribution is -2.15. The number of benzene rings is 1. The number of hydrogen-bond acceptors (Lipinski definition) is 4. The van der Waals surface area contributed by atoms with E-state index in [-0.39, 0.29) is 5.91 Å². The number of imidazole rings is 1. The minimum absolute atomic E-state index is 0.256. The maximum absolute atomic E-state index is 12.7. The van der Waals surface area contributed by atoms with Crippen LogP contribution in [0.2, 0.25) is 5.02 Å². The quantitative estimate of drug-likeness (QED) is 0.455. The summed E-state index contributed by atoms with van der Waals surface area (Å²) in [7, 11) is 0. The molecule has 0 radical (unpaired) electrons. The van der Waals surface area contributed by atoms with E-state index in [0.29, 0.717) is 27.2 Å². The largest absolute Gasteiger partial charge is 0.296 e. The Bertz CT molecular complexity index is 1120. The van der Waals surface area contributed by atoms with E-state index in [0.717, 1.165) is 15.7 Å². The van der Waals surface area contributed by atoms with Gasteiger partial charge in [0.2, 0.25) is 0 Å². The summed E-state index contributed by atoms with van der Waals surface area (Å²) in [6, 6.07) is 11.3. The summed E-state index contributed by atoms with van der Waals surface area (Å²) in [4.78, 5) is 21.6. The molecule has 0 bridgehead atoms. The Kier molecular flexibility index (Phi) is 4.52. The highest BCUT2D eigenvalue weighted by Crippen LogP contribution is 2.27. The van der Waals surface area contributed by atoms with Crippen LogP contribution in [0.1, 0.15) is 16.2 Å². The number of aryl methyl sites for hydroxylation is 1. The van der Waals surface area contributed by atoms with Crippen molar-refractivity contribution in [3.8, 4) is 11.3 Å². The van der Waals surface area contributed by atoms with Gasteiger partial charge in [-0.15, -0.1) is 11.3 Å². The molecule has 0 aliphatic heterocycles. The number of amides is 1. The third kappa shape index (κ3) is 3.25. The molecule has 0 fully saturated rings. The molecular weight excluding hydrogens is 436 g/mol. The van der Waals surface area contributed by atoms with Gasteiger partial charge in [-0.1, -0.05) is 39.7 Å². The van der Waals surface area contributed by atoms with Crippen LogP contribution in [-0.4, -0.2) is 20.3 Å². The molecule has 3 aromatic heterocycles. The molecule has 0 spiro atoms. The lowest BCUT2D eigenvalue weighted by Gasteiger charge is -2.03. The molecule has 1 aromatic carbocycles. The Morgan fingerprint density at radius 1 is 1.23 bits per heavy atom. The number of nitrogens with one attached hydrogen (secondary N) is 1. The summed E-state index contributed by atoms with van der Waals surface area (Å²) >= 11 is 10.8. The van der Waals surface area contributed by atoms with Crippen LogP contribution in [0.4, 0.5) is 5.13 Å². The highest BCUT2D eigenvalue weighted by atomic mass is 79.9. The van der Waals surface area contributed by atoms with E-state index >= 15 is 0 Å². The number of halogens is 2. The van der Waals surface area contributed by atoms with E-state index in [4.69, 9.17) is 11.6 Å². The Labute approximate surface area is 166 Å². The van der Waals surface area contributed by atoms with Crippen molar-refractivity contribution in [2.45, 2.75) is 6.92 Å². The van der Waals surface area contributed by atoms with Crippen molar-refractivity contribution in [2.24, 2.45) is 0 Å². The molecule has 5 nitrogen and oxygen atoms in total. The van der Waals surface area contributed by atoms with E-state index < -0.39 is 0 Å². The van der Waals surface area contributed by atoms with Crippen LogP contribution in [0.25, 0.3) is 16.9 Å². The molecule has 130 valence electrons. The SMILES string of the molecule is Cc1nc2cc(Cl)ccn2c1C(=O)Nc1nc(-c2ccc(Br)cc2)cs1. The molecule has 4 aromatic rings. The van der Waals surface area contributed by atoms with Crippen molar-refractivity contribution in [3.63, 3.8) is 0 Å². The lowest BCUT2D eigenvalue weighted by atomic mass is 10.2. The molecule has 8 heteroatoms. The van der Waals surface area contributed by atoms with Crippen LogP contribution in [-0.2, 0) is 0 Å². The van der Waals surface area contributed by atoms with E-state index in [1.165, 1.54) is 11.3 Å². The minimum Gasteiger partial charge on any atom is -0.296 e. The Hall–Kier alpha value is -2.22. The van der Waals surface area contributed by atoms with Gasteiger partial charge in [-0.2, -0.15) is 0 Å². The number of rotatable bonds is 3. The number of fused-ring (bicyclic) bond motifs is 1. The molecule has 26 heavy (non-hydrogen) atoms. The third-order valence-electron chi connectivity index (χ3n) is 3.84. The first-order chi connectivity index (χ1) is 12.5. The maximum Gasteiger partial charge on any atom is 0.276 e. The zero-order valence-electron chi connectivity index (χ0n) is 13.5. The summed E-state index contributed by atoms with van der Waals surface area (Å²) in [6.07, 6.45) is 1.74. The second-order valence-electron chi connectivity index (χ2n) is 5.62. The highest BCUT2D eigenvalue weighted by molar-refractivity contribution is 9.10. The second kappa shape index (κ2) is 6.83. The van der Waals surface area contributed by atoms with Crippen molar-refractivity contribution in [3.05, 3.63) is 68.9 Å². The molecule has 0 saturated heterocycles. The van der Waals surface area contributed by atoms with Gasteiger partial charge in [0.15, 0.2) is 5.13 Å². The topological polar surface area (TPSA) is 59.3 Å². The average Bonchev–Trinajstić information content (AvgIpc) is 3.18. The third-order valence-corrected chi connectivity index (χ3v) is 5.36. The summed E-state index contributed by atoms with van der Waals surface area (Å²) in [6.45, 7) is 1.80. The van der Waals surface area contributed by atoms with Gasteiger partial charge < -0.3 is 0 Å². The van der Waals surface area contributed by atoms with Gasteiger partial charge >= 0.3 is 0 Å². The van der Waals surface area contributed by atoms with Crippen molar-refractivity contribution in [1.29, 1.82) is 0 Å². The lowest BCUT2D eigenvalue weighted by molar-refractivity contribution is 0.102. The number of thiazole rings is 1. The zero-order valence-corrected chi connectivity index (χ0v) is 16.7. The number of aromatic nitrogens is 3. The fourth-order valence-corrected chi connectivity index (χ4v) is 3.78. The van der Waals surface area contributed by atoms with Gasteiger partial charge in [0, 0.05) is 32.7 Å². The van der Waals surface area contributed by atoms with E-state index in [1.807, 2.05) is 29.6 Å². The molecule has 0 saturated carbocycles. The number of carbonyl (C=O) groups is 1. The Morgan fingerprint density at radius 3 is 2.77 bits per heavy atom. The van der Waals surface area contributed by atoms with E-state index in [1.54, 1.807) is 29.7 Å². The van der Waals surface area contributed by atoms with Crippen molar-refractivity contribution in [2.75, 3.05) is 5.32 Å². The normalized spacial score (nSPS) is 11.0. The highest BCUT2D eigenvalue weighted by Gasteiger charge is 2.18. The number of hydrogen-bond donors (Lipinski definition) is 1. The smallest absolute Gasteiger partial charge is 0.276 e. The van der Waals surface area contributed by atoms with Gasteiger partial charge in [-0.05, 0) is 25.1 Å². The van der Waals surface area contributed by atoms with Gasteiger partial charge in [0.05, 0.1) is 11.4 Å². The molecule has 3 heterocycles. The molecule has 1 amide bonds. The summed E-state index contributed by atoms with van der Waals surface area (Å²) in [5.41, 5.74) is 3.55. The predicted molar refractivity (Wildman–Crippen MR) is 108 cm³/mol. The maximum atomic E-state index is 12.7. The first-order valence-corrected chi connectivity index (χ1v) is 9.73. The molecule has 0 unspecified atom stereocenters. The first kappa shape index (κ1) is 17.2. The molecule has 0 aliphatic rings. The molecule has 0 atom stereocenters. The van der Waals surface area contributed by atoms with Gasteiger partial charge in [-0.3, -0.25) is 14.5 Å². The molecule has 4 rings (SSSR count). The van der Waals surface area contributed by atoms with Crippen LogP contribution in [0, 0.1) is 6.92 Å². The fraction of sp³-hybridized carbons (Fsp3) is 0.0556. The van der Waals surface area contributed by atoms with Gasteiger partial charge in [0.25, 0.3) is 5.91 Å². The van der Waals surface area contributed by atoms with Crippen LogP contribution < -0.4 is 5.32 Å². The fourth-order valence-electron chi connectivity index (χ4n) is 2.65. The van der Waals surface area contributed by atoms with Gasteiger partial charge in [0.1, 0.15) is 11.3 Å². The number of anilines is 1. The van der Waals surface area contributed by atoms with Crippen LogP contribution in [0.3, 0.4) is 0 Å². The predicted octanol–water partition coefficient (Wildman–Crippen LogP) is 5.43. The number of nitrogens with zero attached hydrogens (tertiary/aromatic N) is 3. The average molecular weight is 448 g/mol. The van der Waals surface area contributed by atoms with Crippen LogP contribution in [0.5, 0.6) is 0 Å². The Balaban J connectivity index is 1.61. The zero-order chi connectivity index (χ0) is 18.3. The van der Waals surface area contributed by atoms with E-state index in [2.05, 4.69) is 31.2 Å². The van der Waals surface area contributed by atoms with Crippen molar-refractivity contribution < 1.29 is 4.79 Å². The van der Waals surface area contributed by atoms with Crippen LogP contribution in [0.15, 0.2) is 52.4 Å². The van der Waals surface area contributed by atoms with Crippen molar-refractivity contribution in [1.82, 2.24) is 14.4 Å². The summed E-state index contributed by atoms with van der Waals surface area (Å²) in [5, 5.41) is 5.89. The molecule has 1 N–H and O–H groups in total. The molecule has 0 aliphatic carbocycles. The summed E-state index contributed by atoms with van der Waals surface area (Å²) in [5.74, 6) is -0.256. The van der Waals surface area contributed by atoms with Gasteiger partial charge in [-0.25, -0.2) is 9.97 Å². The number of carbonyl (C=O) groups excluding carboxylic acids is 1. The standard InChI is InChI=1S/C18H12BrClN4OS/c1-10-16(24-7-6-13(20)8-15(24)21-10)17(25)23-18-22-14(9-26-18)11-2-4-12(19)5-3-11/h2-9H,1H3,(H,22,23,25). The first-order valence-electron chi connectivity index (χ1n) is 7.68. The second-order valence-corrected chi connectivity index (χ2v) is 7.83. The summed E-state index contributed by atoms with van der Waals surface area (Å²) < 4.78 is 2.73. The van der Waals surface area contributed by atoms with E-state index in [9.17, 15) is 4.79 Å². The Morgan fingerprint density at radius 2 is 2.00 bits per heavy atom. The van der Waals surface area contributed by atoms with Crippen molar-refractivity contribution >= 4 is 55.6 Å². The minimum atomic E-state index is -0.256.